The van der Waals surface area contributed by atoms with Crippen molar-refractivity contribution in [2.45, 2.75) is 20.8 Å². The number of allylic oxidation sites excluding steroid dienone is 2. The van der Waals surface area contributed by atoms with Gasteiger partial charge in [0, 0.05) is 23.5 Å². The van der Waals surface area contributed by atoms with Crippen molar-refractivity contribution in [1.82, 2.24) is 4.98 Å². The van der Waals surface area contributed by atoms with E-state index in [-0.39, 0.29) is 5.78 Å². The van der Waals surface area contributed by atoms with Crippen molar-refractivity contribution in [2.75, 3.05) is 5.32 Å². The van der Waals surface area contributed by atoms with Crippen LogP contribution in [0.1, 0.15) is 28.4 Å². The zero-order chi connectivity index (χ0) is 14.5. The Balaban J connectivity index is 2.12. The smallest absolute Gasteiger partial charge is 0.187 e. The molecule has 3 nitrogen and oxygen atoms in total. The number of rotatable bonds is 4. The minimum absolute atomic E-state index is 0.0106. The minimum atomic E-state index is -0.0106. The Kier molecular flexibility index (Phi) is 4.31. The Morgan fingerprint density at radius 1 is 1.15 bits per heavy atom. The van der Waals surface area contributed by atoms with Gasteiger partial charge in [0.05, 0.1) is 0 Å². The summed E-state index contributed by atoms with van der Waals surface area (Å²) in [7, 11) is 0. The molecule has 20 heavy (non-hydrogen) atoms. The molecule has 0 saturated heterocycles. The van der Waals surface area contributed by atoms with Crippen molar-refractivity contribution in [2.24, 2.45) is 0 Å². The molecule has 3 heteroatoms. The number of aromatic nitrogens is 1. The first-order chi connectivity index (χ1) is 9.56. The fourth-order valence-electron chi connectivity index (χ4n) is 1.84. The molecule has 1 aromatic carbocycles. The third-order valence-corrected chi connectivity index (χ3v) is 3.01. The molecule has 1 heterocycles. The number of ketones is 1. The number of benzene rings is 1. The van der Waals surface area contributed by atoms with E-state index in [1.807, 2.05) is 57.2 Å². The fourth-order valence-corrected chi connectivity index (χ4v) is 1.84. The highest BCUT2D eigenvalue weighted by Gasteiger charge is 2.04. The zero-order valence-corrected chi connectivity index (χ0v) is 12.0. The SMILES string of the molecule is C/C(=C\C(=O)c1ccc(C)cc1)Nc1ncccc1C. The number of nitrogens with zero attached hydrogens (tertiary/aromatic N) is 1. The minimum Gasteiger partial charge on any atom is -0.344 e. The molecule has 0 amide bonds. The quantitative estimate of drug-likeness (QED) is 0.674. The molecule has 102 valence electrons. The number of hydrogen-bond acceptors (Lipinski definition) is 3. The molecule has 0 radical (unpaired) electrons. The second kappa shape index (κ2) is 6.15. The molecule has 1 aromatic heterocycles. The number of anilines is 1. The van der Waals surface area contributed by atoms with Crippen LogP contribution in [0.15, 0.2) is 54.4 Å². The van der Waals surface area contributed by atoms with E-state index in [0.717, 1.165) is 22.6 Å². The van der Waals surface area contributed by atoms with E-state index in [4.69, 9.17) is 0 Å². The maximum absolute atomic E-state index is 12.1. The molecular weight excluding hydrogens is 248 g/mol. The van der Waals surface area contributed by atoms with Crippen LogP contribution in [0.4, 0.5) is 5.82 Å². The maximum Gasteiger partial charge on any atom is 0.187 e. The van der Waals surface area contributed by atoms with Crippen LogP contribution in [0.2, 0.25) is 0 Å². The van der Waals surface area contributed by atoms with E-state index in [1.165, 1.54) is 0 Å². The van der Waals surface area contributed by atoms with Crippen molar-refractivity contribution >= 4 is 11.6 Å². The molecule has 0 fully saturated rings. The van der Waals surface area contributed by atoms with Crippen LogP contribution >= 0.6 is 0 Å². The molecule has 0 saturated carbocycles. The molecule has 0 aliphatic carbocycles. The van der Waals surface area contributed by atoms with Gasteiger partial charge in [-0.1, -0.05) is 35.9 Å². The van der Waals surface area contributed by atoms with Crippen molar-refractivity contribution in [1.29, 1.82) is 0 Å². The second-order valence-corrected chi connectivity index (χ2v) is 4.85. The molecule has 2 aromatic rings. The average Bonchev–Trinajstić information content (AvgIpc) is 2.42. The van der Waals surface area contributed by atoms with Crippen LogP contribution in [0.5, 0.6) is 0 Å². The lowest BCUT2D eigenvalue weighted by atomic mass is 10.1. The van der Waals surface area contributed by atoms with Crippen LogP contribution < -0.4 is 5.32 Å². The van der Waals surface area contributed by atoms with Gasteiger partial charge in [0.2, 0.25) is 0 Å². The molecule has 0 aliphatic heterocycles. The van der Waals surface area contributed by atoms with Crippen molar-refractivity contribution < 1.29 is 4.79 Å². The van der Waals surface area contributed by atoms with Crippen LogP contribution in [0, 0.1) is 13.8 Å². The first-order valence-corrected chi connectivity index (χ1v) is 6.54. The topological polar surface area (TPSA) is 42.0 Å². The van der Waals surface area contributed by atoms with Gasteiger partial charge < -0.3 is 5.32 Å². The van der Waals surface area contributed by atoms with Crippen LogP contribution in [0.3, 0.4) is 0 Å². The summed E-state index contributed by atoms with van der Waals surface area (Å²) in [6.45, 7) is 5.84. The van der Waals surface area contributed by atoms with Gasteiger partial charge in [-0.05, 0) is 32.4 Å². The summed E-state index contributed by atoms with van der Waals surface area (Å²) in [5, 5.41) is 3.15. The van der Waals surface area contributed by atoms with Crippen molar-refractivity contribution in [3.63, 3.8) is 0 Å². The highest BCUT2D eigenvalue weighted by Crippen LogP contribution is 2.13. The van der Waals surface area contributed by atoms with E-state index in [1.54, 1.807) is 12.3 Å². The molecule has 0 bridgehead atoms. The van der Waals surface area contributed by atoms with E-state index in [9.17, 15) is 4.79 Å². The van der Waals surface area contributed by atoms with Crippen LogP contribution in [-0.2, 0) is 0 Å². The van der Waals surface area contributed by atoms with Crippen LogP contribution in [-0.4, -0.2) is 10.8 Å². The standard InChI is InChI=1S/C17H18N2O/c1-12-6-8-15(9-7-12)16(20)11-14(3)19-17-13(2)5-4-10-18-17/h4-11H,1-3H3,(H,18,19)/b14-11+. The van der Waals surface area contributed by atoms with Gasteiger partial charge in [0.1, 0.15) is 5.82 Å². The zero-order valence-electron chi connectivity index (χ0n) is 12.0. The molecule has 0 unspecified atom stereocenters. The monoisotopic (exact) mass is 266 g/mol. The van der Waals surface area contributed by atoms with Gasteiger partial charge >= 0.3 is 0 Å². The Labute approximate surface area is 119 Å². The molecule has 2 rings (SSSR count). The van der Waals surface area contributed by atoms with Gasteiger partial charge in [-0.3, -0.25) is 4.79 Å². The summed E-state index contributed by atoms with van der Waals surface area (Å²) in [4.78, 5) is 16.4. The maximum atomic E-state index is 12.1. The molecule has 0 spiro atoms. The molecule has 1 N–H and O–H groups in total. The van der Waals surface area contributed by atoms with Crippen molar-refractivity contribution in [3.05, 3.63) is 71.1 Å². The number of pyridine rings is 1. The summed E-state index contributed by atoms with van der Waals surface area (Å²) >= 11 is 0. The lowest BCUT2D eigenvalue weighted by Crippen LogP contribution is -2.03. The Bertz CT molecular complexity index is 642. The number of nitrogens with one attached hydrogen (secondary N) is 1. The number of aryl methyl sites for hydroxylation is 2. The molecule has 0 aliphatic rings. The van der Waals surface area contributed by atoms with E-state index in [2.05, 4.69) is 10.3 Å². The Morgan fingerprint density at radius 2 is 1.85 bits per heavy atom. The second-order valence-electron chi connectivity index (χ2n) is 4.85. The summed E-state index contributed by atoms with van der Waals surface area (Å²) in [6.07, 6.45) is 3.32. The van der Waals surface area contributed by atoms with E-state index in [0.29, 0.717) is 5.56 Å². The average molecular weight is 266 g/mol. The third kappa shape index (κ3) is 3.54. The van der Waals surface area contributed by atoms with Crippen molar-refractivity contribution in [3.8, 4) is 0 Å². The predicted octanol–water partition coefficient (Wildman–Crippen LogP) is 3.90. The lowest BCUT2D eigenvalue weighted by Gasteiger charge is -2.08. The Morgan fingerprint density at radius 3 is 2.50 bits per heavy atom. The predicted molar refractivity (Wildman–Crippen MR) is 81.9 cm³/mol. The first kappa shape index (κ1) is 14.0. The van der Waals surface area contributed by atoms with Crippen LogP contribution in [0.25, 0.3) is 0 Å². The lowest BCUT2D eigenvalue weighted by molar-refractivity contribution is 0.104. The molecule has 0 atom stereocenters. The van der Waals surface area contributed by atoms with Gasteiger partial charge in [0.25, 0.3) is 0 Å². The summed E-state index contributed by atoms with van der Waals surface area (Å²) in [6, 6.07) is 11.4. The van der Waals surface area contributed by atoms with E-state index < -0.39 is 0 Å². The normalized spacial score (nSPS) is 11.2. The summed E-state index contributed by atoms with van der Waals surface area (Å²) in [5.41, 5.74) is 3.65. The number of carbonyl (C=O) groups is 1. The third-order valence-electron chi connectivity index (χ3n) is 3.01. The number of carbonyl (C=O) groups excluding carboxylic acids is 1. The Hall–Kier alpha value is -2.42. The van der Waals surface area contributed by atoms with Gasteiger partial charge in [0.15, 0.2) is 5.78 Å². The fraction of sp³-hybridized carbons (Fsp3) is 0.176. The van der Waals surface area contributed by atoms with Gasteiger partial charge in [-0.15, -0.1) is 0 Å². The summed E-state index contributed by atoms with van der Waals surface area (Å²) in [5.74, 6) is 0.765. The van der Waals surface area contributed by atoms with Gasteiger partial charge in [-0.2, -0.15) is 0 Å². The highest BCUT2D eigenvalue weighted by molar-refractivity contribution is 6.05. The van der Waals surface area contributed by atoms with E-state index >= 15 is 0 Å². The largest absolute Gasteiger partial charge is 0.344 e. The first-order valence-electron chi connectivity index (χ1n) is 6.54. The molecular formula is C17H18N2O. The highest BCUT2D eigenvalue weighted by atomic mass is 16.1. The number of hydrogen-bond donors (Lipinski definition) is 1. The summed E-state index contributed by atoms with van der Waals surface area (Å²) < 4.78 is 0. The van der Waals surface area contributed by atoms with Gasteiger partial charge in [-0.25, -0.2) is 4.98 Å².